The Hall–Kier alpha value is -1.88. The Morgan fingerprint density at radius 3 is 2.94 bits per heavy atom. The van der Waals surface area contributed by atoms with Crippen LogP contribution in [0.5, 0.6) is 0 Å². The van der Waals surface area contributed by atoms with Crippen LogP contribution in [0, 0.1) is 0 Å². The van der Waals surface area contributed by atoms with Crippen molar-refractivity contribution in [3.05, 3.63) is 36.0 Å². The highest BCUT2D eigenvalue weighted by molar-refractivity contribution is 7.80. The van der Waals surface area contributed by atoms with E-state index in [2.05, 4.69) is 26.9 Å². The van der Waals surface area contributed by atoms with Gasteiger partial charge in [0.2, 0.25) is 0 Å². The smallest absolute Gasteiger partial charge is 0.187 e. The highest BCUT2D eigenvalue weighted by Gasteiger charge is 1.99. The van der Waals surface area contributed by atoms with Crippen molar-refractivity contribution in [3.63, 3.8) is 0 Å². The van der Waals surface area contributed by atoms with Gasteiger partial charge in [0, 0.05) is 28.7 Å². The number of nitrogens with one attached hydrogen (secondary N) is 3. The van der Waals surface area contributed by atoms with Crippen LogP contribution in [0.15, 0.2) is 35.6 Å². The Kier molecular flexibility index (Phi) is 3.94. The topological polar surface area (TPSA) is 52.2 Å². The molecule has 18 heavy (non-hydrogen) atoms. The van der Waals surface area contributed by atoms with E-state index in [4.69, 9.17) is 12.2 Å². The van der Waals surface area contributed by atoms with Gasteiger partial charge in [-0.25, -0.2) is 0 Å². The first-order valence-electron chi connectivity index (χ1n) is 5.82. The zero-order chi connectivity index (χ0) is 13.0. The van der Waals surface area contributed by atoms with E-state index in [0.29, 0.717) is 11.2 Å². The molecule has 0 aliphatic heterocycles. The summed E-state index contributed by atoms with van der Waals surface area (Å²) in [5.41, 5.74) is 4.92. The maximum Gasteiger partial charge on any atom is 0.187 e. The van der Waals surface area contributed by atoms with E-state index in [1.807, 2.05) is 38.2 Å². The molecule has 3 N–H and O–H groups in total. The Bertz CT molecular complexity index is 571. The van der Waals surface area contributed by atoms with Crippen LogP contribution in [0.25, 0.3) is 10.9 Å². The van der Waals surface area contributed by atoms with E-state index in [-0.39, 0.29) is 0 Å². The minimum atomic E-state index is 0.299. The number of nitrogens with zero attached hydrogens (tertiary/aromatic N) is 1. The molecule has 0 saturated heterocycles. The molecule has 2 rings (SSSR count). The van der Waals surface area contributed by atoms with Crippen molar-refractivity contribution >= 4 is 34.4 Å². The van der Waals surface area contributed by atoms with Gasteiger partial charge >= 0.3 is 0 Å². The normalized spacial score (nSPS) is 11.3. The quantitative estimate of drug-likeness (QED) is 0.451. The molecular formula is C13H16N4S. The summed E-state index contributed by atoms with van der Waals surface area (Å²) >= 11 is 5.08. The van der Waals surface area contributed by atoms with Crippen molar-refractivity contribution in [2.24, 2.45) is 5.10 Å². The SMILES string of the molecule is CC(C)NC(=S)N/N=C/c1c[nH]c2ccccc12. The molecule has 1 heterocycles. The second kappa shape index (κ2) is 5.64. The predicted molar refractivity (Wildman–Crippen MR) is 79.9 cm³/mol. The summed E-state index contributed by atoms with van der Waals surface area (Å²) in [6.07, 6.45) is 3.68. The summed E-state index contributed by atoms with van der Waals surface area (Å²) < 4.78 is 0. The van der Waals surface area contributed by atoms with Crippen molar-refractivity contribution in [2.45, 2.75) is 19.9 Å². The number of thiocarbonyl (C=S) groups is 1. The third kappa shape index (κ3) is 3.07. The minimum Gasteiger partial charge on any atom is -0.361 e. The Balaban J connectivity index is 2.03. The van der Waals surface area contributed by atoms with Crippen LogP contribution < -0.4 is 10.7 Å². The van der Waals surface area contributed by atoms with Crippen LogP contribution in [0.2, 0.25) is 0 Å². The van der Waals surface area contributed by atoms with Crippen molar-refractivity contribution in [3.8, 4) is 0 Å². The van der Waals surface area contributed by atoms with Crippen molar-refractivity contribution < 1.29 is 0 Å². The van der Waals surface area contributed by atoms with E-state index in [1.165, 1.54) is 0 Å². The van der Waals surface area contributed by atoms with E-state index < -0.39 is 0 Å². The van der Waals surface area contributed by atoms with Gasteiger partial charge in [-0.05, 0) is 32.1 Å². The molecule has 0 atom stereocenters. The first-order valence-corrected chi connectivity index (χ1v) is 6.23. The molecule has 2 aromatic rings. The average molecular weight is 260 g/mol. The second-order valence-corrected chi connectivity index (χ2v) is 4.70. The maximum absolute atomic E-state index is 5.08. The fourth-order valence-electron chi connectivity index (χ4n) is 1.66. The lowest BCUT2D eigenvalue weighted by atomic mass is 10.2. The van der Waals surface area contributed by atoms with Crippen LogP contribution in [0.1, 0.15) is 19.4 Å². The number of hydrogen-bond donors (Lipinski definition) is 3. The number of rotatable bonds is 3. The fourth-order valence-corrected chi connectivity index (χ4v) is 1.94. The molecule has 4 nitrogen and oxygen atoms in total. The highest BCUT2D eigenvalue weighted by Crippen LogP contribution is 2.15. The molecule has 0 fully saturated rings. The van der Waals surface area contributed by atoms with Crippen molar-refractivity contribution in [1.82, 2.24) is 15.7 Å². The lowest BCUT2D eigenvalue weighted by Gasteiger charge is -2.09. The van der Waals surface area contributed by atoms with Crippen LogP contribution in [-0.2, 0) is 0 Å². The van der Waals surface area contributed by atoms with Gasteiger partial charge in [0.15, 0.2) is 5.11 Å². The molecule has 0 radical (unpaired) electrons. The lowest BCUT2D eigenvalue weighted by Crippen LogP contribution is -2.36. The molecular weight excluding hydrogens is 244 g/mol. The minimum absolute atomic E-state index is 0.299. The van der Waals surface area contributed by atoms with Crippen molar-refractivity contribution in [2.75, 3.05) is 0 Å². The maximum atomic E-state index is 5.08. The zero-order valence-corrected chi connectivity index (χ0v) is 11.2. The molecule has 0 bridgehead atoms. The standard InChI is InChI=1S/C13H16N4S/c1-9(2)16-13(18)17-15-8-10-7-14-12-6-4-3-5-11(10)12/h3-9,14H,1-2H3,(H2,16,17,18)/b15-8+. The van der Waals surface area contributed by atoms with E-state index in [1.54, 1.807) is 6.21 Å². The first-order chi connectivity index (χ1) is 8.66. The second-order valence-electron chi connectivity index (χ2n) is 4.29. The zero-order valence-electron chi connectivity index (χ0n) is 10.4. The Morgan fingerprint density at radius 1 is 1.39 bits per heavy atom. The Morgan fingerprint density at radius 2 is 2.17 bits per heavy atom. The average Bonchev–Trinajstić information content (AvgIpc) is 2.72. The number of fused-ring (bicyclic) bond motifs is 1. The van der Waals surface area contributed by atoms with Crippen LogP contribution >= 0.6 is 12.2 Å². The summed E-state index contributed by atoms with van der Waals surface area (Å²) in [7, 11) is 0. The van der Waals surface area contributed by atoms with Gasteiger partial charge in [-0.1, -0.05) is 18.2 Å². The number of benzene rings is 1. The molecule has 1 aromatic carbocycles. The van der Waals surface area contributed by atoms with Gasteiger partial charge in [-0.3, -0.25) is 5.43 Å². The number of para-hydroxylation sites is 1. The molecule has 0 aliphatic rings. The van der Waals surface area contributed by atoms with Gasteiger partial charge < -0.3 is 10.3 Å². The summed E-state index contributed by atoms with van der Waals surface area (Å²) in [5, 5.41) is 8.85. The fraction of sp³-hybridized carbons (Fsp3) is 0.231. The number of hydrogen-bond acceptors (Lipinski definition) is 2. The number of aromatic amines is 1. The van der Waals surface area contributed by atoms with E-state index in [0.717, 1.165) is 16.5 Å². The molecule has 0 aliphatic carbocycles. The molecule has 5 heteroatoms. The van der Waals surface area contributed by atoms with Crippen LogP contribution in [0.4, 0.5) is 0 Å². The Labute approximate surface area is 111 Å². The first kappa shape index (κ1) is 12.6. The van der Waals surface area contributed by atoms with Gasteiger partial charge in [-0.15, -0.1) is 0 Å². The summed E-state index contributed by atoms with van der Waals surface area (Å²) in [5.74, 6) is 0. The van der Waals surface area contributed by atoms with E-state index >= 15 is 0 Å². The molecule has 0 unspecified atom stereocenters. The molecule has 0 spiro atoms. The van der Waals surface area contributed by atoms with Gasteiger partial charge in [0.1, 0.15) is 0 Å². The molecule has 0 saturated carbocycles. The molecule has 0 amide bonds. The summed E-state index contributed by atoms with van der Waals surface area (Å²) in [4.78, 5) is 3.19. The third-order valence-electron chi connectivity index (χ3n) is 2.41. The highest BCUT2D eigenvalue weighted by atomic mass is 32.1. The van der Waals surface area contributed by atoms with Crippen LogP contribution in [0.3, 0.4) is 0 Å². The molecule has 94 valence electrons. The molecule has 1 aromatic heterocycles. The van der Waals surface area contributed by atoms with Gasteiger partial charge in [0.25, 0.3) is 0 Å². The van der Waals surface area contributed by atoms with Gasteiger partial charge in [-0.2, -0.15) is 5.10 Å². The lowest BCUT2D eigenvalue weighted by molar-refractivity contribution is 0.720. The largest absolute Gasteiger partial charge is 0.361 e. The number of hydrazone groups is 1. The van der Waals surface area contributed by atoms with Gasteiger partial charge in [0.05, 0.1) is 6.21 Å². The summed E-state index contributed by atoms with van der Waals surface area (Å²) in [6.45, 7) is 4.05. The number of aromatic nitrogens is 1. The van der Waals surface area contributed by atoms with Crippen molar-refractivity contribution in [1.29, 1.82) is 0 Å². The monoisotopic (exact) mass is 260 g/mol. The van der Waals surface area contributed by atoms with Crippen LogP contribution in [-0.4, -0.2) is 22.4 Å². The van der Waals surface area contributed by atoms with E-state index in [9.17, 15) is 0 Å². The number of H-pyrrole nitrogens is 1. The predicted octanol–water partition coefficient (Wildman–Crippen LogP) is 2.37. The summed E-state index contributed by atoms with van der Waals surface area (Å²) in [6, 6.07) is 8.39. The third-order valence-corrected chi connectivity index (χ3v) is 2.62.